The van der Waals surface area contributed by atoms with E-state index in [1.807, 2.05) is 0 Å². The topological polar surface area (TPSA) is 54.8 Å². The Kier molecular flexibility index (Phi) is 4.14. The molecule has 0 saturated heterocycles. The Hall–Kier alpha value is -1.63. The van der Waals surface area contributed by atoms with Crippen LogP contribution in [0.5, 0.6) is 5.75 Å². The summed E-state index contributed by atoms with van der Waals surface area (Å²) in [5.74, 6) is 0.863. The highest BCUT2D eigenvalue weighted by Gasteiger charge is 2.26. The summed E-state index contributed by atoms with van der Waals surface area (Å²) >= 11 is 0.206. The predicted octanol–water partition coefficient (Wildman–Crippen LogP) is 2.19. The highest BCUT2D eigenvalue weighted by atomic mass is 32.2. The largest absolute Gasteiger partial charge is 0.489 e. The number of aromatic nitrogens is 1. The van der Waals surface area contributed by atoms with Crippen LogP contribution in [-0.4, -0.2) is 29.0 Å². The van der Waals surface area contributed by atoms with E-state index in [1.165, 1.54) is 5.01 Å². The van der Waals surface area contributed by atoms with E-state index < -0.39 is 0 Å². The molecule has 1 aliphatic heterocycles. The summed E-state index contributed by atoms with van der Waals surface area (Å²) in [4.78, 5) is 15.8. The lowest BCUT2D eigenvalue weighted by Gasteiger charge is -2.14. The second-order valence-electron chi connectivity index (χ2n) is 3.70. The van der Waals surface area contributed by atoms with Gasteiger partial charge in [-0.15, -0.1) is 0 Å². The first-order valence-electron chi connectivity index (χ1n) is 5.40. The van der Waals surface area contributed by atoms with Crippen LogP contribution in [-0.2, 0) is 4.79 Å². The quantitative estimate of drug-likeness (QED) is 0.769. The molecule has 0 N–H and O–H groups in total. The minimum atomic E-state index is -0.143. The number of pyridine rings is 1. The minimum absolute atomic E-state index is 0.143. The third-order valence-corrected chi connectivity index (χ3v) is 2.60. The summed E-state index contributed by atoms with van der Waals surface area (Å²) in [6, 6.07) is 3.38. The van der Waals surface area contributed by atoms with Crippen LogP contribution in [0.25, 0.3) is 0 Å². The average molecular weight is 269 g/mol. The molecular formula is C11H12FN3O2S. The number of anilines is 1. The SMILES string of the molecule is CC1=NN(c2ncccc2OCCSF)C(=O)C1. The molecule has 0 aromatic carbocycles. The van der Waals surface area contributed by atoms with E-state index in [0.717, 1.165) is 5.71 Å². The molecule has 1 aromatic heterocycles. The average Bonchev–Trinajstić information content (AvgIpc) is 2.69. The van der Waals surface area contributed by atoms with Gasteiger partial charge in [0.05, 0.1) is 18.8 Å². The molecule has 0 saturated carbocycles. The van der Waals surface area contributed by atoms with Gasteiger partial charge in [0.1, 0.15) is 0 Å². The smallest absolute Gasteiger partial charge is 0.254 e. The summed E-state index contributed by atoms with van der Waals surface area (Å²) in [5, 5.41) is 5.34. The van der Waals surface area contributed by atoms with Gasteiger partial charge in [-0.3, -0.25) is 4.79 Å². The lowest BCUT2D eigenvalue weighted by molar-refractivity contribution is -0.117. The van der Waals surface area contributed by atoms with E-state index in [4.69, 9.17) is 4.74 Å². The molecule has 7 heteroatoms. The number of carbonyl (C=O) groups excluding carboxylic acids is 1. The van der Waals surface area contributed by atoms with E-state index in [1.54, 1.807) is 25.3 Å². The van der Waals surface area contributed by atoms with E-state index in [0.29, 0.717) is 11.6 Å². The minimum Gasteiger partial charge on any atom is -0.489 e. The van der Waals surface area contributed by atoms with Crippen LogP contribution in [0, 0.1) is 0 Å². The molecule has 1 aromatic rings. The fraction of sp³-hybridized carbons (Fsp3) is 0.364. The zero-order chi connectivity index (χ0) is 13.0. The molecule has 2 rings (SSSR count). The third-order valence-electron chi connectivity index (χ3n) is 2.28. The highest BCUT2D eigenvalue weighted by Crippen LogP contribution is 2.28. The van der Waals surface area contributed by atoms with Crippen LogP contribution in [0.2, 0.25) is 0 Å². The fourth-order valence-electron chi connectivity index (χ4n) is 1.56. The molecule has 5 nitrogen and oxygen atoms in total. The zero-order valence-corrected chi connectivity index (χ0v) is 10.6. The van der Waals surface area contributed by atoms with E-state index >= 15 is 0 Å². The van der Waals surface area contributed by atoms with Crippen LogP contribution in [0.15, 0.2) is 23.4 Å². The van der Waals surface area contributed by atoms with Gasteiger partial charge in [0, 0.05) is 24.1 Å². The maximum atomic E-state index is 11.9. The number of hydrogen-bond acceptors (Lipinski definition) is 5. The van der Waals surface area contributed by atoms with E-state index in [-0.39, 0.29) is 36.8 Å². The number of hydrogen-bond donors (Lipinski definition) is 0. The molecule has 96 valence electrons. The summed E-state index contributed by atoms with van der Waals surface area (Å²) in [6.07, 6.45) is 1.85. The van der Waals surface area contributed by atoms with Crippen LogP contribution < -0.4 is 9.75 Å². The number of amides is 1. The Bertz CT molecular complexity index is 481. The Morgan fingerprint density at radius 1 is 1.61 bits per heavy atom. The van der Waals surface area contributed by atoms with Crippen molar-refractivity contribution in [1.82, 2.24) is 4.98 Å². The van der Waals surface area contributed by atoms with Crippen molar-refractivity contribution in [3.05, 3.63) is 18.3 Å². The normalized spacial score (nSPS) is 14.9. The number of carbonyl (C=O) groups is 1. The zero-order valence-electron chi connectivity index (χ0n) is 9.80. The van der Waals surface area contributed by atoms with Gasteiger partial charge in [-0.1, -0.05) is 0 Å². The van der Waals surface area contributed by atoms with Crippen molar-refractivity contribution in [2.45, 2.75) is 13.3 Å². The standard InChI is InChI=1S/C11H12FN3O2S/c1-8-7-10(16)15(14-8)11-9(3-2-4-13-11)17-5-6-18-12/h2-4H,5-7H2,1H3. The lowest BCUT2D eigenvalue weighted by Crippen LogP contribution is -2.21. The maximum absolute atomic E-state index is 11.9. The van der Waals surface area contributed by atoms with Crippen LogP contribution in [0.1, 0.15) is 13.3 Å². The molecule has 0 atom stereocenters. The van der Waals surface area contributed by atoms with Crippen molar-refractivity contribution in [3.63, 3.8) is 0 Å². The van der Waals surface area contributed by atoms with Crippen molar-refractivity contribution in [1.29, 1.82) is 0 Å². The molecule has 2 heterocycles. The van der Waals surface area contributed by atoms with E-state index in [9.17, 15) is 8.68 Å². The van der Waals surface area contributed by atoms with Crippen LogP contribution in [0.4, 0.5) is 9.70 Å². The number of rotatable bonds is 5. The van der Waals surface area contributed by atoms with Crippen molar-refractivity contribution < 1.29 is 13.4 Å². The van der Waals surface area contributed by atoms with Gasteiger partial charge >= 0.3 is 0 Å². The van der Waals surface area contributed by atoms with Crippen LogP contribution >= 0.6 is 12.1 Å². The predicted molar refractivity (Wildman–Crippen MR) is 68.5 cm³/mol. The second kappa shape index (κ2) is 5.81. The summed E-state index contributed by atoms with van der Waals surface area (Å²) in [5.41, 5.74) is 0.732. The Morgan fingerprint density at radius 2 is 2.44 bits per heavy atom. The van der Waals surface area contributed by atoms with Gasteiger partial charge in [-0.25, -0.2) is 4.98 Å². The first kappa shape index (κ1) is 12.8. The van der Waals surface area contributed by atoms with Crippen molar-refractivity contribution in [2.24, 2.45) is 5.10 Å². The summed E-state index contributed by atoms with van der Waals surface area (Å²) in [6.45, 7) is 1.99. The van der Waals surface area contributed by atoms with Gasteiger partial charge < -0.3 is 4.74 Å². The number of nitrogens with zero attached hydrogens (tertiary/aromatic N) is 3. The molecule has 0 bridgehead atoms. The van der Waals surface area contributed by atoms with Gasteiger partial charge in [0.2, 0.25) is 0 Å². The third kappa shape index (κ3) is 2.79. The van der Waals surface area contributed by atoms with E-state index in [2.05, 4.69) is 10.1 Å². The molecule has 0 unspecified atom stereocenters. The first-order valence-corrected chi connectivity index (χ1v) is 6.29. The number of halogens is 1. The molecule has 18 heavy (non-hydrogen) atoms. The summed E-state index contributed by atoms with van der Waals surface area (Å²) in [7, 11) is 0. The monoisotopic (exact) mass is 269 g/mol. The van der Waals surface area contributed by atoms with Gasteiger partial charge in [0.25, 0.3) is 5.91 Å². The molecule has 1 amide bonds. The molecule has 0 spiro atoms. The van der Waals surface area contributed by atoms with Crippen molar-refractivity contribution in [2.75, 3.05) is 17.4 Å². The Labute approximate surface area is 108 Å². The lowest BCUT2D eigenvalue weighted by atomic mass is 10.3. The maximum Gasteiger partial charge on any atom is 0.254 e. The Balaban J connectivity index is 2.19. The molecular weight excluding hydrogens is 257 g/mol. The molecule has 1 aliphatic rings. The van der Waals surface area contributed by atoms with Gasteiger partial charge in [-0.2, -0.15) is 14.0 Å². The fourth-order valence-corrected chi connectivity index (χ4v) is 1.70. The number of ether oxygens (including phenoxy) is 1. The second-order valence-corrected chi connectivity index (χ2v) is 4.33. The Morgan fingerprint density at radius 3 is 3.11 bits per heavy atom. The highest BCUT2D eigenvalue weighted by molar-refractivity contribution is 7.94. The molecule has 0 fully saturated rings. The van der Waals surface area contributed by atoms with Crippen LogP contribution in [0.3, 0.4) is 0 Å². The number of hydrazone groups is 1. The summed E-state index contributed by atoms with van der Waals surface area (Å²) < 4.78 is 17.3. The van der Waals surface area contributed by atoms with Gasteiger partial charge in [-0.05, 0) is 19.1 Å². The van der Waals surface area contributed by atoms with Gasteiger partial charge in [0.15, 0.2) is 11.6 Å². The van der Waals surface area contributed by atoms with Crippen molar-refractivity contribution in [3.8, 4) is 5.75 Å². The molecule has 0 aliphatic carbocycles. The molecule has 0 radical (unpaired) electrons. The first-order chi connectivity index (χ1) is 8.72. The van der Waals surface area contributed by atoms with Crippen molar-refractivity contribution >= 4 is 29.6 Å².